The van der Waals surface area contributed by atoms with Gasteiger partial charge in [0.15, 0.2) is 58.2 Å². The van der Waals surface area contributed by atoms with Gasteiger partial charge in [-0.05, 0) is 72.5 Å². The Labute approximate surface area is 294 Å². The minimum atomic E-state index is -0.498. The number of H-pyrrole nitrogens is 2. The van der Waals surface area contributed by atoms with Crippen LogP contribution in [-0.2, 0) is 19.4 Å². The molecule has 0 aliphatic carbocycles. The van der Waals surface area contributed by atoms with Gasteiger partial charge < -0.3 is 40.0 Å². The van der Waals surface area contributed by atoms with Crippen LogP contribution in [0.25, 0.3) is 0 Å². The van der Waals surface area contributed by atoms with Crippen molar-refractivity contribution in [2.75, 3.05) is 25.3 Å². The second-order valence-electron chi connectivity index (χ2n) is 10.7. The molecule has 0 radical (unpaired) electrons. The van der Waals surface area contributed by atoms with Crippen LogP contribution in [0.1, 0.15) is 41.4 Å². The maximum Gasteiger partial charge on any atom is 0.185 e. The lowest BCUT2D eigenvalue weighted by Gasteiger charge is -2.13. The zero-order chi connectivity index (χ0) is 36.6. The number of nitrogens with one attached hydrogen (secondary N) is 3. The Morgan fingerprint density at radius 1 is 0.706 bits per heavy atom. The molecular weight excluding hydrogens is 658 g/mol. The first-order valence-electron chi connectivity index (χ1n) is 16.0. The molecule has 0 saturated carbocycles. The van der Waals surface area contributed by atoms with Crippen LogP contribution >= 0.6 is 0 Å². The van der Waals surface area contributed by atoms with Crippen molar-refractivity contribution in [3.63, 3.8) is 0 Å². The van der Waals surface area contributed by atoms with Crippen LogP contribution in [0, 0.1) is 11.6 Å². The Balaban J connectivity index is 0.000000197. The van der Waals surface area contributed by atoms with E-state index in [0.29, 0.717) is 53.0 Å². The highest BCUT2D eigenvalue weighted by Gasteiger charge is 2.12. The lowest BCUT2D eigenvalue weighted by atomic mass is 10.1. The molecule has 6 aromatic rings. The fourth-order valence-electron chi connectivity index (χ4n) is 4.49. The Morgan fingerprint density at radius 2 is 1.25 bits per heavy atom. The van der Waals surface area contributed by atoms with E-state index in [1.165, 1.54) is 24.4 Å². The summed E-state index contributed by atoms with van der Waals surface area (Å²) < 4.78 is 49.8. The van der Waals surface area contributed by atoms with Crippen molar-refractivity contribution in [3.05, 3.63) is 132 Å². The van der Waals surface area contributed by atoms with Crippen LogP contribution in [0.15, 0.2) is 97.6 Å². The minimum Gasteiger partial charge on any atom is -0.493 e. The average molecular weight is 699 g/mol. The van der Waals surface area contributed by atoms with Crippen LogP contribution in [0.4, 0.5) is 20.2 Å². The molecule has 0 aliphatic rings. The molecule has 0 fully saturated rings. The molecule has 6 rings (SSSR count). The van der Waals surface area contributed by atoms with E-state index < -0.39 is 11.6 Å². The molecule has 0 aliphatic heterocycles. The van der Waals surface area contributed by atoms with Crippen molar-refractivity contribution < 1.29 is 32.5 Å². The SMILES string of the molecule is CCc1ccc(Oc2ccc(N)cc2F)c(OC)c1.CCc1ccc(Oc2ccc(NCc3ncc[nH]3)cc2F)c(OC)c1.O=Cc1ncc[nH]1. The maximum absolute atomic E-state index is 14.4. The number of nitrogens with two attached hydrogens (primary N) is 1. The average Bonchev–Trinajstić information content (AvgIpc) is 3.89. The summed E-state index contributed by atoms with van der Waals surface area (Å²) in [5, 5.41) is 3.10. The lowest BCUT2D eigenvalue weighted by molar-refractivity contribution is 0.111. The van der Waals surface area contributed by atoms with E-state index in [9.17, 15) is 13.6 Å². The third-order valence-electron chi connectivity index (χ3n) is 7.25. The molecule has 0 bridgehead atoms. The number of benzene rings is 4. The fraction of sp³-hybridized carbons (Fsp3) is 0.184. The standard InChI is InChI=1S/C19H20FN3O2.C15H16FNO2.C4H4N2O/c1-3-13-4-6-17(18(10-13)24-2)25-16-7-5-14(11-15(16)20)23-12-19-21-8-9-22-19;1-3-10-4-6-14(15(8-10)18-2)19-13-7-5-11(17)9-12(13)16;7-3-4-5-1-2-6-4/h4-11,23H,3,12H2,1-2H3,(H,21,22);4-9H,3,17H2,1-2H3;1-3H,(H,5,6). The summed E-state index contributed by atoms with van der Waals surface area (Å²) in [6.45, 7) is 4.59. The predicted octanol–water partition coefficient (Wildman–Crippen LogP) is 8.52. The quantitative estimate of drug-likeness (QED) is 0.0729. The van der Waals surface area contributed by atoms with Crippen LogP contribution in [0.2, 0.25) is 0 Å². The first-order chi connectivity index (χ1) is 24.8. The summed E-state index contributed by atoms with van der Waals surface area (Å²) in [6, 6.07) is 20.3. The highest BCUT2D eigenvalue weighted by Crippen LogP contribution is 2.35. The molecule has 11 nitrogen and oxygen atoms in total. The molecule has 0 amide bonds. The van der Waals surface area contributed by atoms with E-state index in [1.54, 1.807) is 63.1 Å². The van der Waals surface area contributed by atoms with Crippen LogP contribution in [0.5, 0.6) is 34.5 Å². The lowest BCUT2D eigenvalue weighted by Crippen LogP contribution is -2.01. The summed E-state index contributed by atoms with van der Waals surface area (Å²) in [4.78, 5) is 23.1. The first kappa shape index (κ1) is 37.4. The molecule has 266 valence electrons. The Morgan fingerprint density at radius 3 is 1.71 bits per heavy atom. The number of methoxy groups -OCH3 is 2. The highest BCUT2D eigenvalue weighted by atomic mass is 19.1. The van der Waals surface area contributed by atoms with Gasteiger partial charge in [0.05, 0.1) is 20.8 Å². The largest absolute Gasteiger partial charge is 0.493 e. The molecule has 4 aromatic carbocycles. The monoisotopic (exact) mass is 698 g/mol. The number of anilines is 2. The zero-order valence-corrected chi connectivity index (χ0v) is 28.7. The number of aromatic nitrogens is 4. The van der Waals surface area contributed by atoms with Crippen molar-refractivity contribution in [2.45, 2.75) is 33.2 Å². The molecule has 0 spiro atoms. The number of carbonyl (C=O) groups excluding carboxylic acids is 1. The Bertz CT molecular complexity index is 1970. The van der Waals surface area contributed by atoms with Crippen molar-refractivity contribution in [3.8, 4) is 34.5 Å². The third-order valence-corrected chi connectivity index (χ3v) is 7.25. The van der Waals surface area contributed by atoms with Gasteiger partial charge in [-0.3, -0.25) is 4.79 Å². The van der Waals surface area contributed by atoms with Crippen molar-refractivity contribution in [1.82, 2.24) is 19.9 Å². The topological polar surface area (TPSA) is 149 Å². The van der Waals surface area contributed by atoms with Gasteiger partial charge in [0, 0.05) is 48.3 Å². The summed E-state index contributed by atoms with van der Waals surface area (Å²) in [5.41, 5.74) is 8.76. The minimum absolute atomic E-state index is 0.122. The number of aromatic amines is 2. The van der Waals surface area contributed by atoms with Crippen molar-refractivity contribution in [2.24, 2.45) is 0 Å². The van der Waals surface area contributed by atoms with E-state index in [0.717, 1.165) is 29.8 Å². The first-order valence-corrected chi connectivity index (χ1v) is 16.0. The van der Waals surface area contributed by atoms with E-state index in [2.05, 4.69) is 39.1 Å². The fourth-order valence-corrected chi connectivity index (χ4v) is 4.49. The van der Waals surface area contributed by atoms with Gasteiger partial charge >= 0.3 is 0 Å². The van der Waals surface area contributed by atoms with Gasteiger partial charge in [-0.1, -0.05) is 26.0 Å². The summed E-state index contributed by atoms with van der Waals surface area (Å²) >= 11 is 0. The van der Waals surface area contributed by atoms with Gasteiger partial charge in [-0.25, -0.2) is 18.7 Å². The third kappa shape index (κ3) is 11.1. The summed E-state index contributed by atoms with van der Waals surface area (Å²) in [7, 11) is 3.13. The maximum atomic E-state index is 14.4. The van der Waals surface area contributed by atoms with E-state index in [1.807, 2.05) is 24.3 Å². The summed E-state index contributed by atoms with van der Waals surface area (Å²) in [6.07, 6.45) is 9.00. The molecule has 2 aromatic heterocycles. The van der Waals surface area contributed by atoms with Gasteiger partial charge in [-0.15, -0.1) is 0 Å². The van der Waals surface area contributed by atoms with Gasteiger partial charge in [-0.2, -0.15) is 0 Å². The van der Waals surface area contributed by atoms with Crippen molar-refractivity contribution >= 4 is 17.7 Å². The number of hydrogen-bond donors (Lipinski definition) is 4. The number of aldehydes is 1. The number of carbonyl (C=O) groups is 1. The highest BCUT2D eigenvalue weighted by molar-refractivity contribution is 5.68. The predicted molar refractivity (Wildman–Crippen MR) is 192 cm³/mol. The molecule has 0 saturated heterocycles. The van der Waals surface area contributed by atoms with E-state index in [-0.39, 0.29) is 11.5 Å². The molecule has 5 N–H and O–H groups in total. The molecule has 2 heterocycles. The Hall–Kier alpha value is -6.37. The number of ether oxygens (including phenoxy) is 4. The number of aryl methyl sites for hydroxylation is 2. The second kappa shape index (κ2) is 19.0. The second-order valence-corrected chi connectivity index (χ2v) is 10.7. The van der Waals surface area contributed by atoms with E-state index in [4.69, 9.17) is 24.7 Å². The Kier molecular flexibility index (Phi) is 13.9. The number of rotatable bonds is 12. The number of hydrogen-bond acceptors (Lipinski definition) is 9. The number of nitrogens with zero attached hydrogens (tertiary/aromatic N) is 2. The number of halogens is 2. The van der Waals surface area contributed by atoms with Crippen molar-refractivity contribution in [1.29, 1.82) is 0 Å². The zero-order valence-electron chi connectivity index (χ0n) is 28.7. The van der Waals surface area contributed by atoms with Crippen LogP contribution < -0.4 is 30.0 Å². The van der Waals surface area contributed by atoms with Gasteiger partial charge in [0.2, 0.25) is 0 Å². The molecule has 13 heteroatoms. The molecule has 51 heavy (non-hydrogen) atoms. The number of nitrogen functional groups attached to an aromatic ring is 1. The number of imidazole rings is 2. The normalized spacial score (nSPS) is 10.2. The van der Waals surface area contributed by atoms with Gasteiger partial charge in [0.1, 0.15) is 5.82 Å². The van der Waals surface area contributed by atoms with E-state index >= 15 is 0 Å². The van der Waals surface area contributed by atoms with Crippen LogP contribution in [0.3, 0.4) is 0 Å². The summed E-state index contributed by atoms with van der Waals surface area (Å²) in [5.74, 6) is 2.59. The molecule has 0 atom stereocenters. The molecule has 0 unspecified atom stereocenters. The molecular formula is C38H40F2N6O5. The smallest absolute Gasteiger partial charge is 0.185 e. The van der Waals surface area contributed by atoms with Gasteiger partial charge in [0.25, 0.3) is 0 Å². The van der Waals surface area contributed by atoms with Crippen LogP contribution in [-0.4, -0.2) is 40.4 Å².